The fourth-order valence-electron chi connectivity index (χ4n) is 5.64. The van der Waals surface area contributed by atoms with E-state index in [1.165, 1.54) is 0 Å². The molecule has 4 aromatic rings. The first-order valence-electron chi connectivity index (χ1n) is 13.0. The van der Waals surface area contributed by atoms with Crippen molar-refractivity contribution < 1.29 is 22.7 Å². The van der Waals surface area contributed by atoms with Gasteiger partial charge in [0.25, 0.3) is 5.91 Å². The van der Waals surface area contributed by atoms with Crippen LogP contribution in [-0.2, 0) is 26.6 Å². The fourth-order valence-corrected chi connectivity index (χ4v) is 5.99. The van der Waals surface area contributed by atoms with Crippen molar-refractivity contribution in [2.75, 3.05) is 13.2 Å². The summed E-state index contributed by atoms with van der Waals surface area (Å²) in [6.45, 7) is 3.36. The van der Waals surface area contributed by atoms with Crippen LogP contribution in [0.3, 0.4) is 0 Å². The Hall–Kier alpha value is -3.17. The molecule has 0 unspecified atom stereocenters. The summed E-state index contributed by atoms with van der Waals surface area (Å²) >= 11 is 13.0. The predicted octanol–water partition coefficient (Wildman–Crippen LogP) is 7.61. The second-order valence-corrected chi connectivity index (χ2v) is 10.8. The molecule has 212 valence electrons. The summed E-state index contributed by atoms with van der Waals surface area (Å²) in [5.74, 6) is 0.470. The van der Waals surface area contributed by atoms with Gasteiger partial charge in [-0.3, -0.25) is 4.79 Å². The molecule has 0 radical (unpaired) electrons. The third-order valence-electron chi connectivity index (χ3n) is 7.43. The Kier molecular flexibility index (Phi) is 8.06. The lowest BCUT2D eigenvalue weighted by Crippen LogP contribution is -2.38. The summed E-state index contributed by atoms with van der Waals surface area (Å²) < 4.78 is 50.7. The van der Waals surface area contributed by atoms with E-state index in [0.29, 0.717) is 53.5 Å². The zero-order valence-corrected chi connectivity index (χ0v) is 23.9. The van der Waals surface area contributed by atoms with Gasteiger partial charge in [0, 0.05) is 34.1 Å². The van der Waals surface area contributed by atoms with Crippen LogP contribution in [0.4, 0.5) is 13.2 Å². The Balaban J connectivity index is 1.61. The highest BCUT2D eigenvalue weighted by atomic mass is 35.5. The number of nitrogens with zero attached hydrogens (tertiary/aromatic N) is 3. The van der Waals surface area contributed by atoms with Gasteiger partial charge in [-0.25, -0.2) is 17.9 Å². The second kappa shape index (κ2) is 11.4. The third kappa shape index (κ3) is 4.73. The first kappa shape index (κ1) is 28.4. The number of amides is 1. The van der Waals surface area contributed by atoms with Gasteiger partial charge in [-0.2, -0.15) is 5.10 Å². The lowest BCUT2D eigenvalue weighted by molar-refractivity contribution is 0.0918. The van der Waals surface area contributed by atoms with E-state index in [2.05, 4.69) is 10.4 Å². The second-order valence-electron chi connectivity index (χ2n) is 10.1. The summed E-state index contributed by atoms with van der Waals surface area (Å²) in [5.41, 5.74) is 3.95. The van der Waals surface area contributed by atoms with Crippen LogP contribution in [0.2, 0.25) is 10.0 Å². The number of alkyl halides is 3. The maximum absolute atomic E-state index is 14.2. The highest BCUT2D eigenvalue weighted by Gasteiger charge is 2.33. The molecule has 1 aliphatic rings. The quantitative estimate of drug-likeness (QED) is 0.203. The SMILES string of the molecule is Cc1cc(OCCCc2c3n(c4c(-c5c(CF)nn(CF)c5CF)c(Cl)ccc24)[C@H](C)CNC3=O)cc(C)c1Cl. The largest absolute Gasteiger partial charge is 0.494 e. The van der Waals surface area contributed by atoms with Crippen molar-refractivity contribution in [3.8, 4) is 16.9 Å². The van der Waals surface area contributed by atoms with Gasteiger partial charge >= 0.3 is 0 Å². The Bertz CT molecular complexity index is 1590. The number of benzene rings is 2. The Morgan fingerprint density at radius 1 is 1.10 bits per heavy atom. The Morgan fingerprint density at radius 3 is 2.48 bits per heavy atom. The minimum absolute atomic E-state index is 0.100. The third-order valence-corrected chi connectivity index (χ3v) is 8.34. The van der Waals surface area contributed by atoms with Crippen molar-refractivity contribution >= 4 is 40.0 Å². The van der Waals surface area contributed by atoms with Gasteiger partial charge in [0.2, 0.25) is 0 Å². The summed E-state index contributed by atoms with van der Waals surface area (Å²) in [6, 6.07) is 7.06. The number of nitrogens with one attached hydrogen (secondary N) is 1. The zero-order chi connectivity index (χ0) is 28.7. The number of rotatable bonds is 9. The molecule has 1 atom stereocenters. The molecule has 11 heteroatoms. The van der Waals surface area contributed by atoms with Gasteiger partial charge < -0.3 is 14.6 Å². The van der Waals surface area contributed by atoms with E-state index in [9.17, 15) is 18.0 Å². The molecule has 0 saturated carbocycles. The standard InChI is InChI=1S/C29H29Cl2F3N4O2/c1-15-9-18(10-16(2)26(15)31)40-8-4-5-19-20-6-7-21(30)24(25-22(11-32)36-37(14-34)23(25)12-33)27(20)38-17(3)13-35-29(39)28(19)38/h6-7,9-10,17H,4-5,8,11-14H2,1-3H3,(H,35,39)/t17-/m1/s1. The molecule has 3 heterocycles. The van der Waals surface area contributed by atoms with Crippen molar-refractivity contribution in [1.82, 2.24) is 19.7 Å². The van der Waals surface area contributed by atoms with Crippen molar-refractivity contribution in [2.45, 2.75) is 59.8 Å². The molecule has 0 fully saturated rings. The monoisotopic (exact) mass is 592 g/mol. The Labute approximate surface area is 240 Å². The van der Waals surface area contributed by atoms with E-state index >= 15 is 0 Å². The molecular weight excluding hydrogens is 564 g/mol. The van der Waals surface area contributed by atoms with Crippen LogP contribution in [-0.4, -0.2) is 33.4 Å². The van der Waals surface area contributed by atoms with E-state index in [4.69, 9.17) is 27.9 Å². The van der Waals surface area contributed by atoms with Crippen molar-refractivity contribution in [2.24, 2.45) is 0 Å². The van der Waals surface area contributed by atoms with Crippen molar-refractivity contribution in [3.63, 3.8) is 0 Å². The molecule has 2 aromatic carbocycles. The highest BCUT2D eigenvalue weighted by molar-refractivity contribution is 6.35. The normalized spacial score (nSPS) is 15.0. The minimum atomic E-state index is -1.11. The number of carbonyl (C=O) groups excluding carboxylic acids is 1. The molecule has 0 bridgehead atoms. The minimum Gasteiger partial charge on any atom is -0.494 e. The number of carbonyl (C=O) groups is 1. The average Bonchev–Trinajstić information content (AvgIpc) is 3.47. The molecule has 5 rings (SSSR count). The van der Waals surface area contributed by atoms with Gasteiger partial charge in [0.15, 0.2) is 6.80 Å². The van der Waals surface area contributed by atoms with Crippen LogP contribution in [0.25, 0.3) is 22.0 Å². The number of ether oxygens (including phenoxy) is 1. The summed E-state index contributed by atoms with van der Waals surface area (Å²) in [6.07, 6.45) is 1.10. The van der Waals surface area contributed by atoms with Crippen LogP contribution in [0.5, 0.6) is 5.75 Å². The van der Waals surface area contributed by atoms with Gasteiger partial charge in [-0.15, -0.1) is 0 Å². The van der Waals surface area contributed by atoms with E-state index in [-0.39, 0.29) is 33.9 Å². The number of fused-ring (bicyclic) bond motifs is 3. The molecule has 2 aromatic heterocycles. The van der Waals surface area contributed by atoms with E-state index in [1.807, 2.05) is 43.5 Å². The van der Waals surface area contributed by atoms with Crippen LogP contribution < -0.4 is 10.1 Å². The predicted molar refractivity (Wildman–Crippen MR) is 151 cm³/mol. The summed E-state index contributed by atoms with van der Waals surface area (Å²) in [4.78, 5) is 13.2. The van der Waals surface area contributed by atoms with Crippen LogP contribution in [0.15, 0.2) is 24.3 Å². The van der Waals surface area contributed by atoms with Crippen LogP contribution in [0, 0.1) is 13.8 Å². The fraction of sp³-hybridized carbons (Fsp3) is 0.379. The molecule has 40 heavy (non-hydrogen) atoms. The molecule has 1 amide bonds. The van der Waals surface area contributed by atoms with Crippen molar-refractivity contribution in [3.05, 3.63) is 68.1 Å². The molecule has 1 aliphatic heterocycles. The summed E-state index contributed by atoms with van der Waals surface area (Å²) in [7, 11) is 0. The molecule has 0 spiro atoms. The lowest BCUT2D eigenvalue weighted by atomic mass is 9.98. The number of hydrogen-bond donors (Lipinski definition) is 1. The van der Waals surface area contributed by atoms with Crippen molar-refractivity contribution in [1.29, 1.82) is 0 Å². The molecule has 0 saturated heterocycles. The molecule has 1 N–H and O–H groups in total. The molecular formula is C29H29Cl2F3N4O2. The first-order valence-corrected chi connectivity index (χ1v) is 13.8. The smallest absolute Gasteiger partial charge is 0.268 e. The summed E-state index contributed by atoms with van der Waals surface area (Å²) in [5, 5.41) is 8.56. The average molecular weight is 593 g/mol. The number of hydrogen-bond acceptors (Lipinski definition) is 3. The molecule has 0 aliphatic carbocycles. The maximum atomic E-state index is 14.2. The van der Waals surface area contributed by atoms with Crippen LogP contribution in [0.1, 0.15) is 58.0 Å². The highest BCUT2D eigenvalue weighted by Crippen LogP contribution is 2.44. The van der Waals surface area contributed by atoms with E-state index in [0.717, 1.165) is 26.8 Å². The zero-order valence-electron chi connectivity index (χ0n) is 22.4. The number of halogens is 5. The number of aryl methyl sites for hydroxylation is 3. The first-order chi connectivity index (χ1) is 19.2. The topological polar surface area (TPSA) is 61.1 Å². The molecule has 6 nitrogen and oxygen atoms in total. The van der Waals surface area contributed by atoms with Gasteiger partial charge in [-0.1, -0.05) is 29.3 Å². The van der Waals surface area contributed by atoms with E-state index < -0.39 is 20.1 Å². The lowest BCUT2D eigenvalue weighted by Gasteiger charge is -2.26. The Morgan fingerprint density at radius 2 is 1.82 bits per heavy atom. The van der Waals surface area contributed by atoms with E-state index in [1.54, 1.807) is 6.07 Å². The maximum Gasteiger partial charge on any atom is 0.268 e. The van der Waals surface area contributed by atoms with Crippen LogP contribution >= 0.6 is 23.2 Å². The van der Waals surface area contributed by atoms with Gasteiger partial charge in [0.1, 0.15) is 30.5 Å². The number of aromatic nitrogens is 3. The van der Waals surface area contributed by atoms with Gasteiger partial charge in [0.05, 0.1) is 22.8 Å². The van der Waals surface area contributed by atoms with Gasteiger partial charge in [-0.05, 0) is 68.5 Å².